The number of thiophene rings is 1. The van der Waals surface area contributed by atoms with E-state index in [9.17, 15) is 24.0 Å². The van der Waals surface area contributed by atoms with Gasteiger partial charge in [-0.05, 0) is 76.4 Å². The first-order valence-corrected chi connectivity index (χ1v) is 22.7. The molecule has 2 atom stereocenters. The van der Waals surface area contributed by atoms with E-state index in [1.54, 1.807) is 42.2 Å². The average molecular weight is 919 g/mol. The van der Waals surface area contributed by atoms with Crippen LogP contribution in [-0.2, 0) is 39.9 Å². The molecule has 1 saturated heterocycles. The van der Waals surface area contributed by atoms with Crippen LogP contribution in [0, 0.1) is 24.7 Å². The van der Waals surface area contributed by atoms with Crippen molar-refractivity contribution in [2.45, 2.75) is 77.9 Å². The van der Waals surface area contributed by atoms with Gasteiger partial charge >= 0.3 is 0 Å². The summed E-state index contributed by atoms with van der Waals surface area (Å²) < 4.78 is 16.8. The van der Waals surface area contributed by atoms with Crippen LogP contribution >= 0.6 is 22.9 Å². The zero-order chi connectivity index (χ0) is 45.8. The molecule has 0 aliphatic carbocycles. The summed E-state index contributed by atoms with van der Waals surface area (Å²) in [5.74, 6) is -1.29. The standard InChI is InChI=1S/C45H56ClN9O8S/c1-27-28(2)64-45-40(27)41(30-10-12-31(46)13-11-30)52-35(42(48)55(45)29(3)47)25-39(58)50-18-20-62-22-24-63-23-21-61-19-17-49-16-5-4-9-37(56)51-34-8-6-7-32-33(34)26-54(44(32)60)36-14-15-38(57)53-43(36)59/h6-8,10-13,35-36,47-49H,4-5,9,14-26H2,1-3H3,(H,50,58)(H,51,56)(H,53,57,59). The molecule has 2 unspecified atom stereocenters. The highest BCUT2D eigenvalue weighted by Gasteiger charge is 2.40. The summed E-state index contributed by atoms with van der Waals surface area (Å²) in [6.07, 6.45) is 2.17. The highest BCUT2D eigenvalue weighted by Crippen LogP contribution is 2.40. The third-order valence-corrected chi connectivity index (χ3v) is 12.5. The van der Waals surface area contributed by atoms with Crippen LogP contribution in [-0.4, -0.2) is 123 Å². The molecule has 0 spiro atoms. The second kappa shape index (κ2) is 23.0. The number of halogens is 1. The molecular formula is C45H56ClN9O8S. The molecule has 342 valence electrons. The van der Waals surface area contributed by atoms with Crippen LogP contribution in [0.25, 0.3) is 0 Å². The molecule has 1 aromatic heterocycles. The number of carbonyl (C=O) groups is 5. The molecular weight excluding hydrogens is 862 g/mol. The summed E-state index contributed by atoms with van der Waals surface area (Å²) in [7, 11) is 0. The Balaban J connectivity index is 0.785. The molecule has 3 aliphatic heterocycles. The largest absolute Gasteiger partial charge is 0.378 e. The van der Waals surface area contributed by atoms with Crippen molar-refractivity contribution in [2.75, 3.05) is 69.5 Å². The number of carbonyl (C=O) groups excluding carboxylic acids is 5. The number of anilines is 2. The van der Waals surface area contributed by atoms with Crippen molar-refractivity contribution in [2.24, 2.45) is 4.99 Å². The van der Waals surface area contributed by atoms with E-state index in [0.717, 1.165) is 39.5 Å². The normalized spacial score (nSPS) is 17.2. The summed E-state index contributed by atoms with van der Waals surface area (Å²) in [5, 5.41) is 30.3. The number of hydrogen-bond acceptors (Lipinski definition) is 13. The van der Waals surface area contributed by atoms with Crippen molar-refractivity contribution in [1.29, 1.82) is 10.8 Å². The van der Waals surface area contributed by atoms with E-state index in [0.29, 0.717) is 80.0 Å². The molecule has 17 nitrogen and oxygen atoms in total. The van der Waals surface area contributed by atoms with E-state index in [1.807, 2.05) is 26.0 Å². The van der Waals surface area contributed by atoms with Gasteiger partial charge in [-0.25, -0.2) is 0 Å². The number of rotatable bonds is 22. The number of aryl methyl sites for hydroxylation is 1. The zero-order valence-corrected chi connectivity index (χ0v) is 38.0. The van der Waals surface area contributed by atoms with E-state index in [1.165, 1.54) is 16.2 Å². The fraction of sp³-hybridized carbons (Fsp3) is 0.467. The molecule has 3 aromatic rings. The topological polar surface area (TPSA) is 228 Å². The second-order valence-electron chi connectivity index (χ2n) is 15.6. The lowest BCUT2D eigenvalue weighted by molar-refractivity contribution is -0.137. The third kappa shape index (κ3) is 12.2. The van der Waals surface area contributed by atoms with Crippen LogP contribution in [0.15, 0.2) is 47.5 Å². The number of imide groups is 1. The number of amides is 5. The van der Waals surface area contributed by atoms with Crippen molar-refractivity contribution >= 4 is 80.5 Å². The van der Waals surface area contributed by atoms with Gasteiger partial charge in [0.15, 0.2) is 0 Å². The molecule has 2 aromatic carbocycles. The predicted octanol–water partition coefficient (Wildman–Crippen LogP) is 4.73. The molecule has 4 heterocycles. The first-order chi connectivity index (χ1) is 30.8. The number of benzene rings is 2. The third-order valence-electron chi connectivity index (χ3n) is 11.1. The summed E-state index contributed by atoms with van der Waals surface area (Å²) in [6.45, 7) is 9.86. The Morgan fingerprint density at radius 1 is 0.938 bits per heavy atom. The Kier molecular flexibility index (Phi) is 17.3. The Hall–Kier alpha value is -5.37. The van der Waals surface area contributed by atoms with Crippen molar-refractivity contribution < 1.29 is 38.2 Å². The maximum atomic E-state index is 13.1. The number of fused-ring (bicyclic) bond motifs is 2. The van der Waals surface area contributed by atoms with E-state index in [4.69, 9.17) is 41.6 Å². The molecule has 0 bridgehead atoms. The molecule has 5 amide bonds. The first-order valence-electron chi connectivity index (χ1n) is 21.5. The quantitative estimate of drug-likeness (QED) is 0.0351. The smallest absolute Gasteiger partial charge is 0.255 e. The van der Waals surface area contributed by atoms with Gasteiger partial charge in [-0.15, -0.1) is 11.3 Å². The number of ether oxygens (including phenoxy) is 3. The second-order valence-corrected chi connectivity index (χ2v) is 17.3. The Morgan fingerprint density at radius 3 is 2.34 bits per heavy atom. The van der Waals surface area contributed by atoms with E-state index in [2.05, 4.69) is 21.3 Å². The molecule has 6 N–H and O–H groups in total. The maximum absolute atomic E-state index is 13.1. The van der Waals surface area contributed by atoms with Gasteiger partial charge in [0.05, 0.1) is 51.8 Å². The lowest BCUT2D eigenvalue weighted by Gasteiger charge is -2.29. The first kappa shape index (κ1) is 48.1. The highest BCUT2D eigenvalue weighted by atomic mass is 35.5. The van der Waals surface area contributed by atoms with Crippen molar-refractivity contribution in [3.63, 3.8) is 0 Å². The number of nitrogens with one attached hydrogen (secondary N) is 6. The maximum Gasteiger partial charge on any atom is 0.255 e. The average Bonchev–Trinajstić information content (AvgIpc) is 3.70. The molecule has 0 radical (unpaired) electrons. The van der Waals surface area contributed by atoms with Gasteiger partial charge in [0.2, 0.25) is 23.6 Å². The van der Waals surface area contributed by atoms with Gasteiger partial charge in [0, 0.05) is 70.3 Å². The van der Waals surface area contributed by atoms with Crippen molar-refractivity contribution in [3.8, 4) is 0 Å². The molecule has 3 aliphatic rings. The van der Waals surface area contributed by atoms with Crippen LogP contribution in [0.5, 0.6) is 0 Å². The predicted molar refractivity (Wildman–Crippen MR) is 246 cm³/mol. The SMILES string of the molecule is CC(=N)N1C(=N)C(CC(=O)NCCOCCOCCOCCNCCCCC(=O)Nc2cccc3c2CN(C2CCC(=O)NC2=O)C3=O)N=C(c2ccc(Cl)cc2)c2c1sc(C)c2C. The minimum absolute atomic E-state index is 0.0650. The van der Waals surface area contributed by atoms with E-state index < -0.39 is 18.0 Å². The monoisotopic (exact) mass is 917 g/mol. The van der Waals surface area contributed by atoms with E-state index in [-0.39, 0.29) is 74.3 Å². The van der Waals surface area contributed by atoms with Crippen LogP contribution < -0.4 is 26.2 Å². The number of nitrogens with zero attached hydrogens (tertiary/aromatic N) is 3. The van der Waals surface area contributed by atoms with E-state index >= 15 is 0 Å². The lowest BCUT2D eigenvalue weighted by Crippen LogP contribution is -2.52. The van der Waals surface area contributed by atoms with Gasteiger partial charge in [-0.1, -0.05) is 29.8 Å². The van der Waals surface area contributed by atoms with Crippen molar-refractivity contribution in [3.05, 3.63) is 80.2 Å². The minimum atomic E-state index is -0.813. The Morgan fingerprint density at radius 2 is 1.64 bits per heavy atom. The fourth-order valence-corrected chi connectivity index (χ4v) is 9.01. The van der Waals surface area contributed by atoms with Crippen LogP contribution in [0.3, 0.4) is 0 Å². The number of aliphatic imine (C=N–C) groups is 1. The number of unbranched alkanes of at least 4 members (excludes halogenated alkanes) is 1. The molecule has 64 heavy (non-hydrogen) atoms. The van der Waals surface area contributed by atoms with Crippen LogP contribution in [0.2, 0.25) is 5.02 Å². The molecule has 19 heteroatoms. The fourth-order valence-electron chi connectivity index (χ4n) is 7.66. The highest BCUT2D eigenvalue weighted by molar-refractivity contribution is 7.17. The Labute approximate surface area is 381 Å². The van der Waals surface area contributed by atoms with Crippen molar-refractivity contribution in [1.82, 2.24) is 20.9 Å². The van der Waals surface area contributed by atoms with Gasteiger partial charge in [0.25, 0.3) is 5.91 Å². The number of amidine groups is 2. The number of piperidine rings is 1. The summed E-state index contributed by atoms with van der Waals surface area (Å²) >= 11 is 7.69. The molecule has 1 fully saturated rings. The summed E-state index contributed by atoms with van der Waals surface area (Å²) in [4.78, 5) is 71.9. The van der Waals surface area contributed by atoms with Gasteiger partial charge in [-0.2, -0.15) is 0 Å². The summed E-state index contributed by atoms with van der Waals surface area (Å²) in [5.41, 5.74) is 5.04. The zero-order valence-electron chi connectivity index (χ0n) is 36.4. The van der Waals surface area contributed by atoms with Gasteiger partial charge in [0.1, 0.15) is 28.8 Å². The summed E-state index contributed by atoms with van der Waals surface area (Å²) in [6, 6.07) is 11.0. The van der Waals surface area contributed by atoms with Crippen LogP contribution in [0.4, 0.5) is 10.7 Å². The number of hydrogen-bond donors (Lipinski definition) is 6. The minimum Gasteiger partial charge on any atom is -0.378 e. The Bertz CT molecular complexity index is 2270. The lowest BCUT2D eigenvalue weighted by atomic mass is 9.99. The molecule has 6 rings (SSSR count). The van der Waals surface area contributed by atoms with Gasteiger partial charge in [-0.3, -0.25) is 50.0 Å². The van der Waals surface area contributed by atoms with Gasteiger partial charge < -0.3 is 35.1 Å². The van der Waals surface area contributed by atoms with Crippen LogP contribution in [0.1, 0.15) is 82.9 Å². The molecule has 0 saturated carbocycles.